The van der Waals surface area contributed by atoms with Gasteiger partial charge in [0.05, 0.1) is 4.88 Å². The van der Waals surface area contributed by atoms with E-state index >= 15 is 0 Å². The van der Waals surface area contributed by atoms with E-state index in [2.05, 4.69) is 25.2 Å². The number of nitrogens with one attached hydrogen (secondary N) is 3. The zero-order valence-corrected chi connectivity index (χ0v) is 24.9. The van der Waals surface area contributed by atoms with E-state index < -0.39 is 15.6 Å². The van der Waals surface area contributed by atoms with Crippen LogP contribution in [-0.4, -0.2) is 41.5 Å². The van der Waals surface area contributed by atoms with Crippen molar-refractivity contribution >= 4 is 38.2 Å². The van der Waals surface area contributed by atoms with Gasteiger partial charge in [0.15, 0.2) is 0 Å². The lowest BCUT2D eigenvalue weighted by molar-refractivity contribution is -0.126. The smallest absolute Gasteiger partial charge is 0.251 e. The maximum Gasteiger partial charge on any atom is 0.251 e. The molecule has 42 heavy (non-hydrogen) atoms. The van der Waals surface area contributed by atoms with Crippen LogP contribution in [0.3, 0.4) is 0 Å². The molecule has 1 amide bonds. The van der Waals surface area contributed by atoms with Crippen molar-refractivity contribution in [3.63, 3.8) is 0 Å². The quantitative estimate of drug-likeness (QED) is 0.191. The molecule has 0 bridgehead atoms. The van der Waals surface area contributed by atoms with Gasteiger partial charge in [-0.15, -0.1) is 11.3 Å². The number of aromatic nitrogens is 3. The summed E-state index contributed by atoms with van der Waals surface area (Å²) in [4.78, 5) is 22.7. The number of pyridine rings is 1. The van der Waals surface area contributed by atoms with E-state index in [1.165, 1.54) is 12.3 Å². The number of sulfonamides is 1. The molecule has 4 aromatic heterocycles. The molecule has 0 spiro atoms. The molecule has 1 atom stereocenters. The number of fused-ring (bicyclic) bond motifs is 1. The molecule has 11 heteroatoms. The number of hydrogen-bond acceptors (Lipinski definition) is 7. The third-order valence-electron chi connectivity index (χ3n) is 8.22. The molecule has 4 heterocycles. The topological polar surface area (TPSA) is 130 Å². The van der Waals surface area contributed by atoms with Gasteiger partial charge < -0.3 is 14.8 Å². The van der Waals surface area contributed by atoms with Crippen LogP contribution >= 0.6 is 11.3 Å². The highest BCUT2D eigenvalue weighted by Gasteiger charge is 2.42. The second kappa shape index (κ2) is 11.5. The molecule has 6 rings (SSSR count). The second-order valence-electron chi connectivity index (χ2n) is 11.2. The van der Waals surface area contributed by atoms with Crippen LogP contribution in [0.2, 0.25) is 0 Å². The van der Waals surface area contributed by atoms with Gasteiger partial charge in [0, 0.05) is 53.4 Å². The highest BCUT2D eigenvalue weighted by molar-refractivity contribution is 7.91. The molecule has 0 aliphatic heterocycles. The van der Waals surface area contributed by atoms with Crippen molar-refractivity contribution in [2.45, 2.75) is 60.6 Å². The maximum absolute atomic E-state index is 14.2. The molecule has 1 fully saturated rings. The highest BCUT2D eigenvalue weighted by atomic mass is 32.2. The van der Waals surface area contributed by atoms with Gasteiger partial charge in [-0.3, -0.25) is 9.78 Å². The normalized spacial score (nSPS) is 16.7. The standard InChI is InChI=1S/C31H33N5O4S2/c1-30(19-22-20-33-24-10-4-3-9-23(22)24,36-42(38,39)28-13-12-26(41-28)25-14-18-40-35-25)29(37)34-21-31(15-6-2-7-16-31)27-11-5-8-17-32-27/h3-5,8-14,17-18,20,33,36H,2,6-7,15-16,19,21H2,1H3,(H,34,37)/t30-/m0/s1. The molecule has 0 saturated heterocycles. The summed E-state index contributed by atoms with van der Waals surface area (Å²) >= 11 is 1.07. The minimum Gasteiger partial charge on any atom is -0.364 e. The number of carbonyl (C=O) groups excluding carboxylic acids is 1. The van der Waals surface area contributed by atoms with E-state index in [4.69, 9.17) is 4.52 Å². The second-order valence-corrected chi connectivity index (χ2v) is 14.2. The number of hydrogen-bond donors (Lipinski definition) is 3. The SMILES string of the molecule is C[C@@](Cc1c[nH]c2ccccc12)(NS(=O)(=O)c1ccc(-c2ccon2)s1)C(=O)NCC1(c2ccccn2)CCCCC1. The lowest BCUT2D eigenvalue weighted by atomic mass is 9.71. The summed E-state index contributed by atoms with van der Waals surface area (Å²) in [6.45, 7) is 2.03. The predicted octanol–water partition coefficient (Wildman–Crippen LogP) is 5.58. The van der Waals surface area contributed by atoms with E-state index in [9.17, 15) is 13.2 Å². The number of rotatable bonds is 10. The van der Waals surface area contributed by atoms with Crippen molar-refractivity contribution in [1.82, 2.24) is 25.2 Å². The van der Waals surface area contributed by atoms with Crippen LogP contribution in [0.4, 0.5) is 0 Å². The summed E-state index contributed by atoms with van der Waals surface area (Å²) in [5.74, 6) is -0.384. The van der Waals surface area contributed by atoms with Crippen molar-refractivity contribution < 1.29 is 17.7 Å². The minimum atomic E-state index is -4.07. The number of H-pyrrole nitrogens is 1. The van der Waals surface area contributed by atoms with E-state index in [-0.39, 0.29) is 22.0 Å². The monoisotopic (exact) mass is 603 g/mol. The molecule has 1 aromatic carbocycles. The fourth-order valence-electron chi connectivity index (χ4n) is 5.98. The van der Waals surface area contributed by atoms with Gasteiger partial charge >= 0.3 is 0 Å². The molecule has 0 unspecified atom stereocenters. The molecular formula is C31H33N5O4S2. The first-order chi connectivity index (χ1) is 20.3. The molecule has 1 aliphatic carbocycles. The van der Waals surface area contributed by atoms with Crippen LogP contribution in [0.25, 0.3) is 21.5 Å². The van der Waals surface area contributed by atoms with Crippen LogP contribution in [0.5, 0.6) is 0 Å². The van der Waals surface area contributed by atoms with Gasteiger partial charge in [-0.1, -0.05) is 48.7 Å². The van der Waals surface area contributed by atoms with E-state index in [0.29, 0.717) is 17.1 Å². The van der Waals surface area contributed by atoms with Gasteiger partial charge in [-0.05, 0) is 55.7 Å². The van der Waals surface area contributed by atoms with Gasteiger partial charge in [-0.25, -0.2) is 8.42 Å². The van der Waals surface area contributed by atoms with Crippen LogP contribution in [0.1, 0.15) is 50.3 Å². The Kier molecular flexibility index (Phi) is 7.73. The number of carbonyl (C=O) groups is 1. The van der Waals surface area contributed by atoms with Crippen molar-refractivity contribution in [3.05, 3.63) is 90.6 Å². The van der Waals surface area contributed by atoms with Crippen molar-refractivity contribution in [2.24, 2.45) is 0 Å². The fourth-order valence-corrected chi connectivity index (χ4v) is 8.62. The minimum absolute atomic E-state index is 0.0932. The van der Waals surface area contributed by atoms with Gasteiger partial charge in [0.1, 0.15) is 21.7 Å². The first-order valence-corrected chi connectivity index (χ1v) is 16.4. The van der Waals surface area contributed by atoms with Crippen molar-refractivity contribution in [3.8, 4) is 10.6 Å². The van der Waals surface area contributed by atoms with E-state index in [0.717, 1.165) is 65.6 Å². The van der Waals surface area contributed by atoms with Gasteiger partial charge in [0.2, 0.25) is 5.91 Å². The Labute approximate surface area is 248 Å². The number of aromatic amines is 1. The number of benzene rings is 1. The van der Waals surface area contributed by atoms with Crippen LogP contribution in [0, 0.1) is 0 Å². The molecule has 1 saturated carbocycles. The Balaban J connectivity index is 1.31. The predicted molar refractivity (Wildman–Crippen MR) is 163 cm³/mol. The fraction of sp³-hybridized carbons (Fsp3) is 0.323. The first-order valence-electron chi connectivity index (χ1n) is 14.1. The average Bonchev–Trinajstić information content (AvgIpc) is 3.79. The first kappa shape index (κ1) is 28.3. The summed E-state index contributed by atoms with van der Waals surface area (Å²) in [5, 5.41) is 8.01. The molecule has 5 aromatic rings. The summed E-state index contributed by atoms with van der Waals surface area (Å²) < 4.78 is 35.3. The number of para-hydroxylation sites is 1. The Morgan fingerprint density at radius 2 is 1.88 bits per heavy atom. The zero-order chi connectivity index (χ0) is 29.2. The van der Waals surface area contributed by atoms with Crippen LogP contribution < -0.4 is 10.0 Å². The maximum atomic E-state index is 14.2. The highest BCUT2D eigenvalue weighted by Crippen LogP contribution is 2.38. The molecule has 0 radical (unpaired) electrons. The van der Waals surface area contributed by atoms with E-state index in [1.807, 2.05) is 48.7 Å². The summed E-state index contributed by atoms with van der Waals surface area (Å²) in [7, 11) is -4.07. The largest absolute Gasteiger partial charge is 0.364 e. The Morgan fingerprint density at radius 1 is 1.07 bits per heavy atom. The third-order valence-corrected chi connectivity index (χ3v) is 11.4. The van der Waals surface area contributed by atoms with Crippen molar-refractivity contribution in [2.75, 3.05) is 6.54 Å². The number of amides is 1. The van der Waals surface area contributed by atoms with E-state index in [1.54, 1.807) is 25.3 Å². The summed E-state index contributed by atoms with van der Waals surface area (Å²) in [5.41, 5.74) is 1.50. The van der Waals surface area contributed by atoms with Crippen molar-refractivity contribution in [1.29, 1.82) is 0 Å². The Hall–Kier alpha value is -3.80. The lowest BCUT2D eigenvalue weighted by Crippen LogP contribution is -2.59. The number of nitrogens with zero attached hydrogens (tertiary/aromatic N) is 2. The van der Waals surface area contributed by atoms with Gasteiger partial charge in [-0.2, -0.15) is 4.72 Å². The summed E-state index contributed by atoms with van der Waals surface area (Å²) in [6.07, 6.45) is 10.3. The summed E-state index contributed by atoms with van der Waals surface area (Å²) in [6, 6.07) is 18.6. The van der Waals surface area contributed by atoms with Crippen LogP contribution in [-0.2, 0) is 26.7 Å². The zero-order valence-electron chi connectivity index (χ0n) is 23.3. The third kappa shape index (κ3) is 5.64. The average molecular weight is 604 g/mol. The lowest BCUT2D eigenvalue weighted by Gasteiger charge is -2.38. The number of thiophene rings is 1. The van der Waals surface area contributed by atoms with Gasteiger partial charge in [0.25, 0.3) is 10.0 Å². The molecule has 9 nitrogen and oxygen atoms in total. The molecule has 1 aliphatic rings. The Morgan fingerprint density at radius 3 is 2.64 bits per heavy atom. The molecular weight excluding hydrogens is 571 g/mol. The van der Waals surface area contributed by atoms with Crippen LogP contribution in [0.15, 0.2) is 88.1 Å². The molecule has 218 valence electrons. The molecule has 3 N–H and O–H groups in total. The Bertz CT molecular complexity index is 1770.